The number of rotatable bonds is 2. The number of benzene rings is 2. The number of ketones is 1. The summed E-state index contributed by atoms with van der Waals surface area (Å²) < 4.78 is 39.2. The predicted molar refractivity (Wildman–Crippen MR) is 65.3 cm³/mol. The van der Waals surface area contributed by atoms with Gasteiger partial charge in [0, 0.05) is 22.9 Å². The van der Waals surface area contributed by atoms with Crippen LogP contribution in [0.25, 0.3) is 0 Å². The second kappa shape index (κ2) is 4.76. The van der Waals surface area contributed by atoms with Gasteiger partial charge in [-0.25, -0.2) is 13.2 Å². The van der Waals surface area contributed by atoms with Crippen LogP contribution in [0.1, 0.15) is 21.5 Å². The fraction of sp³-hybridized carbons (Fsp3) is 0.0714. The number of hydrogen-bond acceptors (Lipinski definition) is 2. The van der Waals surface area contributed by atoms with Gasteiger partial charge in [-0.3, -0.25) is 4.79 Å². The first kappa shape index (κ1) is 13.1. The Morgan fingerprint density at radius 2 is 1.63 bits per heavy atom. The minimum absolute atomic E-state index is 0.148. The molecule has 2 nitrogen and oxygen atoms in total. The minimum atomic E-state index is -1.16. The number of carbonyl (C=O) groups excluding carboxylic acids is 1. The van der Waals surface area contributed by atoms with E-state index in [1.165, 1.54) is 19.1 Å². The van der Waals surface area contributed by atoms with Crippen LogP contribution in [0.4, 0.5) is 18.9 Å². The van der Waals surface area contributed by atoms with Gasteiger partial charge in [0.25, 0.3) is 0 Å². The third kappa shape index (κ3) is 2.45. The van der Waals surface area contributed by atoms with Crippen molar-refractivity contribution in [2.75, 3.05) is 5.73 Å². The minimum Gasteiger partial charge on any atom is -0.398 e. The molecule has 0 saturated carbocycles. The molecule has 0 saturated heterocycles. The van der Waals surface area contributed by atoms with E-state index in [1.807, 2.05) is 0 Å². The van der Waals surface area contributed by atoms with Gasteiger partial charge in [0.15, 0.2) is 17.4 Å². The van der Waals surface area contributed by atoms with Crippen molar-refractivity contribution in [3.8, 4) is 0 Å². The van der Waals surface area contributed by atoms with Gasteiger partial charge in [0.1, 0.15) is 5.82 Å². The summed E-state index contributed by atoms with van der Waals surface area (Å²) >= 11 is 0. The van der Waals surface area contributed by atoms with E-state index in [0.717, 1.165) is 18.2 Å². The Labute approximate surface area is 107 Å². The number of anilines is 1. The molecule has 0 bridgehead atoms. The second-order valence-corrected chi connectivity index (χ2v) is 4.15. The van der Waals surface area contributed by atoms with Crippen LogP contribution in [0, 0.1) is 24.4 Å². The van der Waals surface area contributed by atoms with E-state index < -0.39 is 23.2 Å². The maximum Gasteiger partial charge on any atom is 0.195 e. The molecule has 0 fully saturated rings. The highest BCUT2D eigenvalue weighted by Crippen LogP contribution is 2.21. The van der Waals surface area contributed by atoms with Crippen molar-refractivity contribution in [3.63, 3.8) is 0 Å². The molecule has 98 valence electrons. The molecule has 0 aliphatic heterocycles. The van der Waals surface area contributed by atoms with Crippen molar-refractivity contribution >= 4 is 11.5 Å². The predicted octanol–water partition coefficient (Wildman–Crippen LogP) is 3.23. The summed E-state index contributed by atoms with van der Waals surface area (Å²) in [7, 11) is 0. The molecule has 0 radical (unpaired) electrons. The largest absolute Gasteiger partial charge is 0.398 e. The van der Waals surface area contributed by atoms with E-state index in [-0.39, 0.29) is 22.4 Å². The van der Waals surface area contributed by atoms with Crippen molar-refractivity contribution in [1.29, 1.82) is 0 Å². The van der Waals surface area contributed by atoms with Gasteiger partial charge in [-0.05, 0) is 36.8 Å². The van der Waals surface area contributed by atoms with Gasteiger partial charge < -0.3 is 5.73 Å². The Bertz CT molecular complexity index is 668. The molecular weight excluding hydrogens is 255 g/mol. The molecule has 2 rings (SSSR count). The van der Waals surface area contributed by atoms with Gasteiger partial charge in [-0.15, -0.1) is 0 Å². The van der Waals surface area contributed by atoms with E-state index in [4.69, 9.17) is 5.73 Å². The summed E-state index contributed by atoms with van der Waals surface area (Å²) in [4.78, 5) is 12.1. The van der Waals surface area contributed by atoms with E-state index in [1.54, 1.807) is 0 Å². The van der Waals surface area contributed by atoms with E-state index in [0.29, 0.717) is 0 Å². The van der Waals surface area contributed by atoms with Crippen LogP contribution in [0.3, 0.4) is 0 Å². The lowest BCUT2D eigenvalue weighted by Gasteiger charge is -2.07. The molecule has 2 N–H and O–H groups in total. The summed E-state index contributed by atoms with van der Waals surface area (Å²) in [5, 5.41) is 0. The fourth-order valence-corrected chi connectivity index (χ4v) is 1.70. The molecule has 19 heavy (non-hydrogen) atoms. The lowest BCUT2D eigenvalue weighted by atomic mass is 10.00. The lowest BCUT2D eigenvalue weighted by Crippen LogP contribution is -2.07. The Balaban J connectivity index is 2.49. The third-order valence-electron chi connectivity index (χ3n) is 2.76. The third-order valence-corrected chi connectivity index (χ3v) is 2.76. The van der Waals surface area contributed by atoms with Crippen LogP contribution >= 0.6 is 0 Å². The summed E-state index contributed by atoms with van der Waals surface area (Å²) in [6.45, 7) is 1.50. The Hall–Kier alpha value is -2.30. The standard InChI is InChI=1S/C14H10F3NO/c1-7-4-8(2-3-10(7)15)14(19)9-5-11(16)12(17)6-13(9)18/h2-6H,18H2,1H3. The zero-order chi connectivity index (χ0) is 14.2. The van der Waals surface area contributed by atoms with Crippen LogP contribution < -0.4 is 5.73 Å². The molecule has 2 aromatic rings. The fourth-order valence-electron chi connectivity index (χ4n) is 1.70. The van der Waals surface area contributed by atoms with E-state index >= 15 is 0 Å². The lowest BCUT2D eigenvalue weighted by molar-refractivity contribution is 0.103. The number of nitrogen functional groups attached to an aromatic ring is 1. The monoisotopic (exact) mass is 265 g/mol. The van der Waals surface area contributed by atoms with Gasteiger partial charge in [-0.2, -0.15) is 0 Å². The number of halogens is 3. The summed E-state index contributed by atoms with van der Waals surface area (Å²) in [6.07, 6.45) is 0. The first-order valence-electron chi connectivity index (χ1n) is 5.45. The van der Waals surface area contributed by atoms with Crippen molar-refractivity contribution in [2.24, 2.45) is 0 Å². The molecule has 0 aromatic heterocycles. The van der Waals surface area contributed by atoms with E-state index in [9.17, 15) is 18.0 Å². The molecule has 0 amide bonds. The molecule has 0 aliphatic carbocycles. The molecule has 0 unspecified atom stereocenters. The molecular formula is C14H10F3NO. The number of carbonyl (C=O) groups is 1. The van der Waals surface area contributed by atoms with E-state index in [2.05, 4.69) is 0 Å². The Morgan fingerprint density at radius 1 is 1.00 bits per heavy atom. The van der Waals surface area contributed by atoms with Crippen LogP contribution in [0.15, 0.2) is 30.3 Å². The van der Waals surface area contributed by atoms with Gasteiger partial charge in [0.05, 0.1) is 0 Å². The molecule has 0 aliphatic rings. The van der Waals surface area contributed by atoms with Crippen molar-refractivity contribution < 1.29 is 18.0 Å². The Kier molecular flexibility index (Phi) is 3.29. The maximum absolute atomic E-state index is 13.1. The highest BCUT2D eigenvalue weighted by Gasteiger charge is 2.16. The van der Waals surface area contributed by atoms with Crippen LogP contribution in [-0.2, 0) is 0 Å². The first-order valence-corrected chi connectivity index (χ1v) is 5.45. The molecule has 0 heterocycles. The smallest absolute Gasteiger partial charge is 0.195 e. The van der Waals surface area contributed by atoms with Crippen LogP contribution in [0.5, 0.6) is 0 Å². The first-order chi connectivity index (χ1) is 8.90. The SMILES string of the molecule is Cc1cc(C(=O)c2cc(F)c(F)cc2N)ccc1F. The molecule has 2 aromatic carbocycles. The van der Waals surface area contributed by atoms with Crippen molar-refractivity contribution in [1.82, 2.24) is 0 Å². The topological polar surface area (TPSA) is 43.1 Å². The zero-order valence-corrected chi connectivity index (χ0v) is 10.0. The van der Waals surface area contributed by atoms with Gasteiger partial charge in [-0.1, -0.05) is 0 Å². The zero-order valence-electron chi connectivity index (χ0n) is 10.0. The molecule has 5 heteroatoms. The van der Waals surface area contributed by atoms with Crippen LogP contribution in [0.2, 0.25) is 0 Å². The van der Waals surface area contributed by atoms with Crippen LogP contribution in [-0.4, -0.2) is 5.78 Å². The van der Waals surface area contributed by atoms with Crippen molar-refractivity contribution in [2.45, 2.75) is 6.92 Å². The summed E-state index contributed by atoms with van der Waals surface area (Å²) in [6, 6.07) is 5.23. The summed E-state index contributed by atoms with van der Waals surface area (Å²) in [5.41, 5.74) is 5.63. The normalized spacial score (nSPS) is 10.5. The van der Waals surface area contributed by atoms with Gasteiger partial charge in [0.2, 0.25) is 0 Å². The average molecular weight is 265 g/mol. The second-order valence-electron chi connectivity index (χ2n) is 4.15. The number of aryl methyl sites for hydroxylation is 1. The number of nitrogens with two attached hydrogens (primary N) is 1. The quantitative estimate of drug-likeness (QED) is 0.669. The summed E-state index contributed by atoms with van der Waals surface area (Å²) in [5.74, 6) is -3.31. The highest BCUT2D eigenvalue weighted by molar-refractivity contribution is 6.12. The van der Waals surface area contributed by atoms with Crippen molar-refractivity contribution in [3.05, 3.63) is 64.5 Å². The highest BCUT2D eigenvalue weighted by atomic mass is 19.2. The average Bonchev–Trinajstić information content (AvgIpc) is 2.36. The Morgan fingerprint density at radius 3 is 2.26 bits per heavy atom. The van der Waals surface area contributed by atoms with Gasteiger partial charge >= 0.3 is 0 Å². The molecule has 0 spiro atoms. The molecule has 0 atom stereocenters. The maximum atomic E-state index is 13.1. The number of hydrogen-bond donors (Lipinski definition) is 1.